The second-order valence-electron chi connectivity index (χ2n) is 3.34. The van der Waals surface area contributed by atoms with Gasteiger partial charge in [-0.15, -0.1) is 11.3 Å². The van der Waals surface area contributed by atoms with Gasteiger partial charge in [0.2, 0.25) is 0 Å². The number of aryl methyl sites for hydroxylation is 1. The monoisotopic (exact) mass is 343 g/mol. The molecule has 7 heteroatoms. The van der Waals surface area contributed by atoms with Crippen LogP contribution in [0.1, 0.15) is 5.56 Å². The van der Waals surface area contributed by atoms with E-state index in [-0.39, 0.29) is 0 Å². The van der Waals surface area contributed by atoms with Gasteiger partial charge in [0.05, 0.1) is 3.79 Å². The summed E-state index contributed by atoms with van der Waals surface area (Å²) in [6, 6.07) is 1.71. The molecule has 0 atom stereocenters. The van der Waals surface area contributed by atoms with Crippen molar-refractivity contribution in [3.8, 4) is 0 Å². The molecule has 0 spiro atoms. The number of hydrogen-bond donors (Lipinski definition) is 0. The van der Waals surface area contributed by atoms with E-state index in [1.165, 1.54) is 15.6 Å². The minimum Gasteiger partial charge on any atom is -0.206 e. The molecule has 1 rings (SSSR count). The second-order valence-corrected chi connectivity index (χ2v) is 8.97. The first-order valence-electron chi connectivity index (χ1n) is 4.60. The predicted octanol–water partition coefficient (Wildman–Crippen LogP) is 2.80. The molecule has 1 aromatic rings. The van der Waals surface area contributed by atoms with Crippen LogP contribution in [0, 0.1) is 6.92 Å². The molecular weight excluding hydrogens is 330 g/mol. The molecule has 3 nitrogen and oxygen atoms in total. The zero-order chi connectivity index (χ0) is 12.3. The maximum Gasteiger partial charge on any atom is 0.252 e. The molecule has 0 aromatic carbocycles. The third-order valence-corrected chi connectivity index (χ3v) is 7.14. The van der Waals surface area contributed by atoms with Crippen LogP contribution in [0.25, 0.3) is 0 Å². The molecule has 0 saturated carbocycles. The lowest BCUT2D eigenvalue weighted by Gasteiger charge is -2.14. The van der Waals surface area contributed by atoms with Crippen molar-refractivity contribution in [1.29, 1.82) is 0 Å². The van der Waals surface area contributed by atoms with Crippen molar-refractivity contribution >= 4 is 49.1 Å². The van der Waals surface area contributed by atoms with E-state index >= 15 is 0 Å². The average molecular weight is 344 g/mol. The Hall–Kier alpha value is 0.440. The number of thiophene rings is 1. The summed E-state index contributed by atoms with van der Waals surface area (Å²) >= 11 is 6.24. The van der Waals surface area contributed by atoms with Crippen molar-refractivity contribution in [3.63, 3.8) is 0 Å². The minimum absolute atomic E-state index is 0.403. The van der Waals surface area contributed by atoms with Gasteiger partial charge in [-0.05, 0) is 40.7 Å². The molecule has 0 aliphatic rings. The first-order chi connectivity index (χ1) is 7.39. The van der Waals surface area contributed by atoms with Gasteiger partial charge in [-0.1, -0.05) is 0 Å². The van der Waals surface area contributed by atoms with Crippen LogP contribution in [-0.2, 0) is 10.0 Å². The van der Waals surface area contributed by atoms with E-state index in [2.05, 4.69) is 15.9 Å². The van der Waals surface area contributed by atoms with Gasteiger partial charge in [0.25, 0.3) is 10.0 Å². The molecule has 16 heavy (non-hydrogen) atoms. The van der Waals surface area contributed by atoms with Gasteiger partial charge in [-0.2, -0.15) is 16.1 Å². The molecule has 0 radical (unpaired) electrons. The summed E-state index contributed by atoms with van der Waals surface area (Å²) in [5, 5.41) is 0. The van der Waals surface area contributed by atoms with Gasteiger partial charge in [0.1, 0.15) is 4.21 Å². The highest BCUT2D eigenvalue weighted by Gasteiger charge is 2.23. The first-order valence-corrected chi connectivity index (χ1v) is 9.05. The van der Waals surface area contributed by atoms with E-state index in [1.54, 1.807) is 24.9 Å². The maximum atomic E-state index is 12.1. The van der Waals surface area contributed by atoms with Gasteiger partial charge in [0, 0.05) is 19.3 Å². The largest absolute Gasteiger partial charge is 0.252 e. The van der Waals surface area contributed by atoms with Crippen molar-refractivity contribution in [1.82, 2.24) is 4.31 Å². The standard InChI is InChI=1S/C9H14BrNO2S3/c1-7-6-8(15-9(7)10)16(12,13)11(2)4-5-14-3/h6H,4-5H2,1-3H3. The summed E-state index contributed by atoms with van der Waals surface area (Å²) in [5.41, 5.74) is 0.960. The Balaban J connectivity index is 2.93. The zero-order valence-electron chi connectivity index (χ0n) is 9.36. The van der Waals surface area contributed by atoms with Crippen LogP contribution in [0.2, 0.25) is 0 Å². The van der Waals surface area contributed by atoms with Crippen LogP contribution in [0.4, 0.5) is 0 Å². The minimum atomic E-state index is -3.30. The molecule has 0 fully saturated rings. The zero-order valence-corrected chi connectivity index (χ0v) is 13.4. The Morgan fingerprint density at radius 2 is 2.19 bits per heavy atom. The summed E-state index contributed by atoms with van der Waals surface area (Å²) < 4.78 is 26.9. The van der Waals surface area contributed by atoms with E-state index in [4.69, 9.17) is 0 Å². The molecular formula is C9H14BrNO2S3. The Bertz CT molecular complexity index is 436. The summed E-state index contributed by atoms with van der Waals surface area (Å²) in [4.78, 5) is 0. The van der Waals surface area contributed by atoms with Crippen LogP contribution in [-0.4, -0.2) is 38.3 Å². The number of thioether (sulfide) groups is 1. The third-order valence-electron chi connectivity index (χ3n) is 2.11. The van der Waals surface area contributed by atoms with Crippen LogP contribution in [0.3, 0.4) is 0 Å². The molecule has 92 valence electrons. The number of hydrogen-bond acceptors (Lipinski definition) is 4. The van der Waals surface area contributed by atoms with E-state index in [9.17, 15) is 8.42 Å². The maximum absolute atomic E-state index is 12.1. The highest BCUT2D eigenvalue weighted by atomic mass is 79.9. The van der Waals surface area contributed by atoms with Crippen molar-refractivity contribution in [2.24, 2.45) is 0 Å². The van der Waals surface area contributed by atoms with Crippen molar-refractivity contribution < 1.29 is 8.42 Å². The van der Waals surface area contributed by atoms with Crippen LogP contribution in [0.15, 0.2) is 14.1 Å². The lowest BCUT2D eigenvalue weighted by Crippen LogP contribution is -2.28. The van der Waals surface area contributed by atoms with E-state index in [0.717, 1.165) is 15.1 Å². The predicted molar refractivity (Wildman–Crippen MR) is 75.0 cm³/mol. The third kappa shape index (κ3) is 3.22. The van der Waals surface area contributed by atoms with Crippen molar-refractivity contribution in [3.05, 3.63) is 15.4 Å². The van der Waals surface area contributed by atoms with E-state index in [0.29, 0.717) is 10.8 Å². The molecule has 0 aliphatic heterocycles. The molecule has 0 saturated heterocycles. The smallest absolute Gasteiger partial charge is 0.206 e. The van der Waals surface area contributed by atoms with Crippen molar-refractivity contribution in [2.75, 3.05) is 25.6 Å². The van der Waals surface area contributed by atoms with Crippen LogP contribution >= 0.6 is 39.0 Å². The summed E-state index contributed by atoms with van der Waals surface area (Å²) in [5.74, 6) is 0.807. The normalized spacial score (nSPS) is 12.3. The fourth-order valence-corrected chi connectivity index (χ4v) is 5.23. The van der Waals surface area contributed by atoms with Gasteiger partial charge in [0.15, 0.2) is 0 Å². The molecule has 0 N–H and O–H groups in total. The van der Waals surface area contributed by atoms with Crippen LogP contribution in [0.5, 0.6) is 0 Å². The molecule has 1 heterocycles. The molecule has 0 amide bonds. The Kier molecular flexibility index (Phi) is 5.31. The summed E-state index contributed by atoms with van der Waals surface area (Å²) in [6.07, 6.45) is 1.96. The SMILES string of the molecule is CSCCN(C)S(=O)(=O)c1cc(C)c(Br)s1. The number of nitrogens with zero attached hydrogens (tertiary/aromatic N) is 1. The number of halogens is 1. The fraction of sp³-hybridized carbons (Fsp3) is 0.556. The Morgan fingerprint density at radius 3 is 2.62 bits per heavy atom. The molecule has 1 aromatic heterocycles. The van der Waals surface area contributed by atoms with Gasteiger partial charge < -0.3 is 0 Å². The second kappa shape index (κ2) is 5.86. The van der Waals surface area contributed by atoms with Crippen LogP contribution < -0.4 is 0 Å². The topological polar surface area (TPSA) is 37.4 Å². The summed E-state index contributed by atoms with van der Waals surface area (Å²) in [6.45, 7) is 2.43. The van der Waals surface area contributed by atoms with E-state index in [1.807, 2.05) is 13.2 Å². The fourth-order valence-electron chi connectivity index (χ4n) is 1.05. The van der Waals surface area contributed by atoms with Gasteiger partial charge >= 0.3 is 0 Å². The quantitative estimate of drug-likeness (QED) is 0.824. The Morgan fingerprint density at radius 1 is 1.56 bits per heavy atom. The Labute approximate surface area is 113 Å². The molecule has 0 bridgehead atoms. The molecule has 0 aliphatic carbocycles. The van der Waals surface area contributed by atoms with Gasteiger partial charge in [-0.25, -0.2) is 8.42 Å². The number of sulfonamides is 1. The van der Waals surface area contributed by atoms with Gasteiger partial charge in [-0.3, -0.25) is 0 Å². The van der Waals surface area contributed by atoms with Crippen molar-refractivity contribution in [2.45, 2.75) is 11.1 Å². The van der Waals surface area contributed by atoms with E-state index < -0.39 is 10.0 Å². The molecule has 0 unspecified atom stereocenters. The highest BCUT2D eigenvalue weighted by molar-refractivity contribution is 9.11. The number of rotatable bonds is 5. The first kappa shape index (κ1) is 14.5. The lowest BCUT2D eigenvalue weighted by atomic mass is 10.4. The lowest BCUT2D eigenvalue weighted by molar-refractivity contribution is 0.490. The highest BCUT2D eigenvalue weighted by Crippen LogP contribution is 2.31. The summed E-state index contributed by atoms with van der Waals surface area (Å²) in [7, 11) is -1.68. The average Bonchev–Trinajstić information content (AvgIpc) is 2.56.